The third-order valence-corrected chi connectivity index (χ3v) is 10.6. The van der Waals surface area contributed by atoms with Crippen LogP contribution in [0.4, 0.5) is 13.6 Å². The molecule has 0 spiro atoms. The molecule has 0 aliphatic carbocycles. The van der Waals surface area contributed by atoms with Crippen LogP contribution < -0.4 is 10.6 Å². The monoisotopic (exact) mass is 773 g/mol. The average Bonchev–Trinajstić information content (AvgIpc) is 3.99. The van der Waals surface area contributed by atoms with Crippen molar-refractivity contribution in [1.29, 1.82) is 0 Å². The number of aromatic amines is 1. The number of ether oxygens (including phenoxy) is 1. The number of nitrogens with zero attached hydrogens (tertiary/aromatic N) is 4. The minimum Gasteiger partial charge on any atom is -0.453 e. The average molecular weight is 774 g/mol. The van der Waals surface area contributed by atoms with Gasteiger partial charge in [-0.2, -0.15) is 0 Å². The number of methoxy groups -OCH3 is 1. The number of H-pyrrole nitrogens is 1. The number of halogens is 2. The first-order chi connectivity index (χ1) is 26.7. The molecule has 3 aromatic rings. The Kier molecular flexibility index (Phi) is 12.0. The van der Waals surface area contributed by atoms with Crippen molar-refractivity contribution in [1.82, 2.24) is 30.4 Å². The van der Waals surface area contributed by atoms with Gasteiger partial charge in [-0.3, -0.25) is 19.4 Å². The Hall–Kier alpha value is -5.44. The predicted molar refractivity (Wildman–Crippen MR) is 207 cm³/mol. The predicted octanol–water partition coefficient (Wildman–Crippen LogP) is 5.39. The molecule has 4 N–H and O–H groups in total. The van der Waals surface area contributed by atoms with Crippen molar-refractivity contribution in [2.45, 2.75) is 83.5 Å². The lowest BCUT2D eigenvalue weighted by Crippen LogP contribution is -2.54. The molecule has 2 fully saturated rings. The van der Waals surface area contributed by atoms with Gasteiger partial charge in [0.15, 0.2) is 0 Å². The number of hydrogen-bond donors (Lipinski definition) is 4. The van der Waals surface area contributed by atoms with E-state index in [1.165, 1.54) is 7.11 Å². The van der Waals surface area contributed by atoms with Crippen LogP contribution in [-0.4, -0.2) is 105 Å². The molecule has 13 nitrogen and oxygen atoms in total. The van der Waals surface area contributed by atoms with Gasteiger partial charge in [0.05, 0.1) is 36.8 Å². The van der Waals surface area contributed by atoms with Crippen LogP contribution in [0.3, 0.4) is 0 Å². The normalized spacial score (nSPS) is 20.5. The number of nitrogens with one attached hydrogen (secondary N) is 3. The fourth-order valence-electron chi connectivity index (χ4n) is 7.58. The van der Waals surface area contributed by atoms with Gasteiger partial charge < -0.3 is 35.3 Å². The maximum Gasteiger partial charge on any atom is 0.407 e. The van der Waals surface area contributed by atoms with E-state index in [0.717, 1.165) is 51.0 Å². The quantitative estimate of drug-likeness (QED) is 0.192. The van der Waals surface area contributed by atoms with E-state index < -0.39 is 61.5 Å². The first-order valence-electron chi connectivity index (χ1n) is 18.9. The number of alkyl carbamates (subject to hydrolysis) is 1. The molecule has 6 rings (SSSR count). The van der Waals surface area contributed by atoms with E-state index in [9.17, 15) is 28.0 Å². The maximum absolute atomic E-state index is 14.7. The number of aliphatic hydroxyl groups excluding tert-OH is 1. The van der Waals surface area contributed by atoms with Crippen LogP contribution in [0.15, 0.2) is 65.3 Å². The molecule has 4 unspecified atom stereocenters. The molecule has 4 amide bonds. The second kappa shape index (κ2) is 16.7. The number of fused-ring (bicyclic) bond motifs is 1. The van der Waals surface area contributed by atoms with Gasteiger partial charge in [-0.1, -0.05) is 70.2 Å². The van der Waals surface area contributed by atoms with Crippen LogP contribution in [0.2, 0.25) is 0 Å². The fraction of sp³-hybridized carbons (Fsp3) is 0.463. The first-order valence-corrected chi connectivity index (χ1v) is 18.9. The van der Waals surface area contributed by atoms with Crippen LogP contribution in [0, 0.1) is 11.8 Å². The number of aliphatic imine (C=N–C) groups is 1. The number of likely N-dealkylation sites (tertiary alicyclic amines) is 2. The summed E-state index contributed by atoms with van der Waals surface area (Å²) in [6.45, 7) is 6.16. The number of carbonyl (C=O) groups excluding carboxylic acids is 4. The molecule has 56 heavy (non-hydrogen) atoms. The Balaban J connectivity index is 1.09. The zero-order valence-electron chi connectivity index (χ0n) is 32.2. The molecule has 2 saturated heterocycles. The van der Waals surface area contributed by atoms with Gasteiger partial charge in [-0.15, -0.1) is 0 Å². The summed E-state index contributed by atoms with van der Waals surface area (Å²) in [4.78, 5) is 66.4. The number of amides is 4. The molecule has 0 bridgehead atoms. The Bertz CT molecular complexity index is 2060. The van der Waals surface area contributed by atoms with Crippen LogP contribution in [-0.2, 0) is 19.1 Å². The number of allylic oxidation sites excluding steroid dienone is 2. The zero-order chi connectivity index (χ0) is 40.3. The van der Waals surface area contributed by atoms with E-state index in [1.54, 1.807) is 24.9 Å². The molecule has 4 atom stereocenters. The van der Waals surface area contributed by atoms with Crippen LogP contribution in [0.25, 0.3) is 28.2 Å². The summed E-state index contributed by atoms with van der Waals surface area (Å²) in [5.41, 5.74) is 5.77. The number of hydrogen-bond acceptors (Lipinski definition) is 8. The van der Waals surface area contributed by atoms with Gasteiger partial charge in [-0.25, -0.2) is 18.6 Å². The zero-order valence-corrected chi connectivity index (χ0v) is 32.2. The van der Waals surface area contributed by atoms with Gasteiger partial charge in [-0.05, 0) is 59.1 Å². The second-order valence-corrected chi connectivity index (χ2v) is 15.3. The summed E-state index contributed by atoms with van der Waals surface area (Å²) >= 11 is 0. The van der Waals surface area contributed by atoms with Crippen molar-refractivity contribution < 1.29 is 37.8 Å². The lowest BCUT2D eigenvalue weighted by molar-refractivity contribution is -0.139. The molecule has 3 aliphatic rings. The second-order valence-electron chi connectivity index (χ2n) is 15.3. The van der Waals surface area contributed by atoms with Gasteiger partial charge in [0.2, 0.25) is 17.7 Å². The number of aliphatic hydroxyl groups is 1. The van der Waals surface area contributed by atoms with Crippen molar-refractivity contribution >= 4 is 46.6 Å². The standard InChI is InChI=1S/C41H49F2N7O6/c1-23(2)35(47-34(52)21-51)39(54)50-22-41(42,43)19-33(50)31-17-26(20-44-31)9-8-25-10-12-27(13-11-25)28-14-15-29-30(18-28)46-37(45-29)32-7-6-16-49(32)38(53)36(24(3)4)48-40(55)56-5/h8-15,18,20,23-24,32-33,35-36,51H,6-7,16-17,19,21-22H2,1-5H3,(H,45,46)(H,47,52)(H,48,55)/b9-8+. The highest BCUT2D eigenvalue weighted by Crippen LogP contribution is 2.37. The maximum atomic E-state index is 14.7. The molecule has 15 heteroatoms. The number of carbonyl (C=O) groups is 4. The van der Waals surface area contributed by atoms with Crippen LogP contribution in [0.5, 0.6) is 0 Å². The summed E-state index contributed by atoms with van der Waals surface area (Å²) in [6, 6.07) is 11.0. The number of aromatic nitrogens is 2. The number of benzene rings is 2. The Morgan fingerprint density at radius 3 is 2.32 bits per heavy atom. The van der Waals surface area contributed by atoms with Crippen molar-refractivity contribution in [3.63, 3.8) is 0 Å². The topological polar surface area (TPSA) is 169 Å². The molecular weight excluding hydrogens is 724 g/mol. The minimum absolute atomic E-state index is 0.130. The number of imidazole rings is 1. The summed E-state index contributed by atoms with van der Waals surface area (Å²) in [5.74, 6) is -4.45. The number of alkyl halides is 2. The highest BCUT2D eigenvalue weighted by atomic mass is 19.3. The van der Waals surface area contributed by atoms with Crippen LogP contribution in [0.1, 0.15) is 70.8 Å². The van der Waals surface area contributed by atoms with E-state index in [1.807, 2.05) is 68.5 Å². The smallest absolute Gasteiger partial charge is 0.407 e. The first kappa shape index (κ1) is 40.2. The lowest BCUT2D eigenvalue weighted by atomic mass is 9.99. The van der Waals surface area contributed by atoms with E-state index in [0.29, 0.717) is 24.5 Å². The van der Waals surface area contributed by atoms with Crippen LogP contribution >= 0.6 is 0 Å². The molecular formula is C41H49F2N7O6. The minimum atomic E-state index is -3.10. The van der Waals surface area contributed by atoms with Gasteiger partial charge >= 0.3 is 6.09 Å². The Labute approximate surface area is 324 Å². The van der Waals surface area contributed by atoms with Gasteiger partial charge in [0, 0.05) is 31.3 Å². The van der Waals surface area contributed by atoms with E-state index >= 15 is 0 Å². The molecule has 4 heterocycles. The van der Waals surface area contributed by atoms with E-state index in [2.05, 4.69) is 20.6 Å². The summed E-state index contributed by atoms with van der Waals surface area (Å²) < 4.78 is 34.2. The summed E-state index contributed by atoms with van der Waals surface area (Å²) in [5, 5.41) is 14.3. The van der Waals surface area contributed by atoms with Crippen molar-refractivity contribution in [2.75, 3.05) is 26.8 Å². The lowest BCUT2D eigenvalue weighted by Gasteiger charge is -2.30. The van der Waals surface area contributed by atoms with Gasteiger partial charge in [0.1, 0.15) is 24.5 Å². The fourth-order valence-corrected chi connectivity index (χ4v) is 7.58. The molecule has 0 saturated carbocycles. The number of rotatable bonds is 12. The highest BCUT2D eigenvalue weighted by molar-refractivity contribution is 5.99. The highest BCUT2D eigenvalue weighted by Gasteiger charge is 2.50. The Morgan fingerprint density at radius 1 is 0.964 bits per heavy atom. The molecule has 3 aliphatic heterocycles. The third kappa shape index (κ3) is 8.83. The molecule has 0 radical (unpaired) electrons. The third-order valence-electron chi connectivity index (χ3n) is 10.6. The summed E-state index contributed by atoms with van der Waals surface area (Å²) in [6.07, 6.45) is 6.10. The summed E-state index contributed by atoms with van der Waals surface area (Å²) in [7, 11) is 1.27. The van der Waals surface area contributed by atoms with E-state index in [-0.39, 0.29) is 23.8 Å². The molecule has 298 valence electrons. The van der Waals surface area contributed by atoms with Crippen molar-refractivity contribution in [3.05, 3.63) is 71.7 Å². The molecule has 1 aromatic heterocycles. The Morgan fingerprint density at radius 2 is 1.64 bits per heavy atom. The van der Waals surface area contributed by atoms with E-state index in [4.69, 9.17) is 14.8 Å². The SMILES string of the molecule is COC(=O)NC(C(=O)N1CCCC1c1nc2ccc(-c3ccc(/C=C/C4=CN=C(C5CC(F)(F)CN5C(=O)C(NC(=O)CO)C(C)C)C4)cc3)cc2[nH]1)C(C)C. The van der Waals surface area contributed by atoms with Crippen molar-refractivity contribution in [2.24, 2.45) is 16.8 Å². The van der Waals surface area contributed by atoms with Crippen molar-refractivity contribution in [3.8, 4) is 11.1 Å². The molecule has 2 aromatic carbocycles. The van der Waals surface area contributed by atoms with Gasteiger partial charge in [0.25, 0.3) is 5.92 Å². The largest absolute Gasteiger partial charge is 0.453 e.